The monoisotopic (exact) mass is 491 g/mol. The van der Waals surface area contributed by atoms with Crippen LogP contribution in [0.2, 0.25) is 10.0 Å². The Labute approximate surface area is 175 Å². The smallest absolute Gasteiger partial charge is 0.259 e. The highest BCUT2D eigenvalue weighted by Crippen LogP contribution is 2.32. The largest absolute Gasteiger partial charge is 0.296 e. The first-order valence-electron chi connectivity index (χ1n) is 7.09. The Kier molecular flexibility index (Phi) is 6.52. The van der Waals surface area contributed by atoms with E-state index < -0.39 is 0 Å². The molecule has 134 valence electrons. The summed E-state index contributed by atoms with van der Waals surface area (Å²) in [7, 11) is 0. The summed E-state index contributed by atoms with van der Waals surface area (Å²) in [4.78, 5) is 12.3. The van der Waals surface area contributed by atoms with E-state index in [9.17, 15) is 9.18 Å². The number of hydrogen-bond acceptors (Lipinski definition) is 5. The average Bonchev–Trinajstić information content (AvgIpc) is 3.04. The lowest BCUT2D eigenvalue weighted by Crippen LogP contribution is -2.12. The zero-order valence-electron chi connectivity index (χ0n) is 12.8. The maximum absolute atomic E-state index is 13.8. The number of aromatic nitrogens is 2. The van der Waals surface area contributed by atoms with Gasteiger partial charge in [-0.2, -0.15) is 0 Å². The molecule has 1 N–H and O–H groups in total. The van der Waals surface area contributed by atoms with Crippen molar-refractivity contribution in [2.75, 3.05) is 5.32 Å². The lowest BCUT2D eigenvalue weighted by molar-refractivity contribution is 0.102. The molecule has 3 aromatic rings. The van der Waals surface area contributed by atoms with Gasteiger partial charge in [0.1, 0.15) is 5.82 Å². The van der Waals surface area contributed by atoms with Crippen LogP contribution in [0.1, 0.15) is 15.9 Å². The zero-order chi connectivity index (χ0) is 18.7. The Morgan fingerprint density at radius 1 is 1.23 bits per heavy atom. The highest BCUT2D eigenvalue weighted by Gasteiger charge is 2.15. The molecule has 0 bridgehead atoms. The first kappa shape index (κ1) is 19.6. The topological polar surface area (TPSA) is 54.9 Å². The first-order valence-corrected chi connectivity index (χ1v) is 10.4. The Morgan fingerprint density at radius 3 is 2.81 bits per heavy atom. The number of nitrogens with zero attached hydrogens (tertiary/aromatic N) is 2. The SMILES string of the molecule is O=C(Nc1nnc(SCc2c(F)cccc2Cl)s1)c1cc(Br)ccc1Cl. The fourth-order valence-electron chi connectivity index (χ4n) is 1.96. The molecule has 0 atom stereocenters. The molecular weight excluding hydrogens is 484 g/mol. The molecule has 4 nitrogen and oxygen atoms in total. The third kappa shape index (κ3) is 4.75. The second kappa shape index (κ2) is 8.67. The summed E-state index contributed by atoms with van der Waals surface area (Å²) in [5, 5.41) is 11.6. The van der Waals surface area contributed by atoms with Crippen molar-refractivity contribution in [2.45, 2.75) is 10.1 Å². The van der Waals surface area contributed by atoms with Crippen molar-refractivity contribution in [3.05, 3.63) is 67.9 Å². The van der Waals surface area contributed by atoms with Crippen LogP contribution in [0, 0.1) is 5.82 Å². The molecule has 3 rings (SSSR count). The number of benzene rings is 2. The standard InChI is InChI=1S/C16H9BrCl2FN3OS2/c17-8-4-5-12(19)9(6-8)14(24)21-15-22-23-16(26-15)25-7-10-11(18)2-1-3-13(10)20/h1-6H,7H2,(H,21,22,24). The van der Waals surface area contributed by atoms with Crippen LogP contribution in [-0.2, 0) is 5.75 Å². The molecule has 0 aliphatic carbocycles. The summed E-state index contributed by atoms with van der Waals surface area (Å²) >= 11 is 17.8. The van der Waals surface area contributed by atoms with Gasteiger partial charge in [-0.1, -0.05) is 68.3 Å². The maximum atomic E-state index is 13.8. The van der Waals surface area contributed by atoms with Crippen LogP contribution < -0.4 is 5.32 Å². The minimum atomic E-state index is -0.388. The molecule has 1 heterocycles. The number of amides is 1. The number of thioether (sulfide) groups is 1. The number of anilines is 1. The van der Waals surface area contributed by atoms with Crippen LogP contribution in [-0.4, -0.2) is 16.1 Å². The normalized spacial score (nSPS) is 10.8. The molecule has 1 amide bonds. The number of hydrogen-bond donors (Lipinski definition) is 1. The Balaban J connectivity index is 1.66. The van der Waals surface area contributed by atoms with Gasteiger partial charge >= 0.3 is 0 Å². The number of halogens is 4. The number of nitrogens with one attached hydrogen (secondary N) is 1. The molecule has 0 unspecified atom stereocenters. The van der Waals surface area contributed by atoms with Crippen molar-refractivity contribution >= 4 is 73.3 Å². The summed E-state index contributed by atoms with van der Waals surface area (Å²) in [6, 6.07) is 9.53. The zero-order valence-corrected chi connectivity index (χ0v) is 17.5. The van der Waals surface area contributed by atoms with E-state index >= 15 is 0 Å². The van der Waals surface area contributed by atoms with Crippen LogP contribution in [0.15, 0.2) is 45.2 Å². The highest BCUT2D eigenvalue weighted by atomic mass is 79.9. The van der Waals surface area contributed by atoms with E-state index in [1.54, 1.807) is 30.3 Å². The predicted molar refractivity (Wildman–Crippen MR) is 108 cm³/mol. The lowest BCUT2D eigenvalue weighted by Gasteiger charge is -2.04. The second-order valence-corrected chi connectivity index (χ2v) is 8.87. The van der Waals surface area contributed by atoms with Crippen LogP contribution in [0.5, 0.6) is 0 Å². The highest BCUT2D eigenvalue weighted by molar-refractivity contribution is 9.10. The third-order valence-corrected chi connectivity index (χ3v) is 6.38. The summed E-state index contributed by atoms with van der Waals surface area (Å²) < 4.78 is 15.1. The summed E-state index contributed by atoms with van der Waals surface area (Å²) in [6.45, 7) is 0. The van der Waals surface area contributed by atoms with E-state index in [0.717, 1.165) is 4.47 Å². The van der Waals surface area contributed by atoms with Gasteiger partial charge in [0.05, 0.1) is 10.6 Å². The molecular formula is C16H9BrCl2FN3OS2. The van der Waals surface area contributed by atoms with Gasteiger partial charge in [-0.15, -0.1) is 10.2 Å². The summed E-state index contributed by atoms with van der Waals surface area (Å²) in [6.07, 6.45) is 0. The second-order valence-electron chi connectivity index (χ2n) is 4.94. The van der Waals surface area contributed by atoms with E-state index in [1.807, 2.05) is 0 Å². The molecule has 0 fully saturated rings. The summed E-state index contributed by atoms with van der Waals surface area (Å²) in [5.74, 6) is -0.445. The van der Waals surface area contributed by atoms with Crippen LogP contribution in [0.4, 0.5) is 9.52 Å². The lowest BCUT2D eigenvalue weighted by atomic mass is 10.2. The van der Waals surface area contributed by atoms with Gasteiger partial charge in [0.15, 0.2) is 4.34 Å². The van der Waals surface area contributed by atoms with Crippen LogP contribution in [0.25, 0.3) is 0 Å². The van der Waals surface area contributed by atoms with Gasteiger partial charge in [0.25, 0.3) is 5.91 Å². The number of carbonyl (C=O) groups excluding carboxylic acids is 1. The quantitative estimate of drug-likeness (QED) is 0.335. The molecule has 1 aromatic heterocycles. The molecule has 0 saturated heterocycles. The molecule has 10 heteroatoms. The van der Waals surface area contributed by atoms with Gasteiger partial charge in [0.2, 0.25) is 5.13 Å². The van der Waals surface area contributed by atoms with Crippen molar-refractivity contribution in [3.63, 3.8) is 0 Å². The van der Waals surface area contributed by atoms with Gasteiger partial charge < -0.3 is 0 Å². The molecule has 0 spiro atoms. The van der Waals surface area contributed by atoms with Crippen molar-refractivity contribution < 1.29 is 9.18 Å². The number of carbonyl (C=O) groups is 1. The fraction of sp³-hybridized carbons (Fsp3) is 0.0625. The third-order valence-electron chi connectivity index (χ3n) is 3.20. The Hall–Kier alpha value is -1.19. The predicted octanol–water partition coefficient (Wildman–Crippen LogP) is 6.29. The molecule has 0 radical (unpaired) electrons. The van der Waals surface area contributed by atoms with E-state index in [-0.39, 0.29) is 11.7 Å². The molecule has 0 saturated carbocycles. The fourth-order valence-corrected chi connectivity index (χ4v) is 4.61. The first-order chi connectivity index (χ1) is 12.4. The minimum absolute atomic E-state index is 0.311. The van der Waals surface area contributed by atoms with E-state index in [4.69, 9.17) is 23.2 Å². The minimum Gasteiger partial charge on any atom is -0.296 e. The van der Waals surface area contributed by atoms with Gasteiger partial charge in [-0.3, -0.25) is 10.1 Å². The van der Waals surface area contributed by atoms with E-state index in [0.29, 0.717) is 36.4 Å². The molecule has 0 aliphatic heterocycles. The Morgan fingerprint density at radius 2 is 2.04 bits per heavy atom. The molecule has 0 aliphatic rings. The van der Waals surface area contributed by atoms with Crippen LogP contribution >= 0.6 is 62.2 Å². The number of rotatable bonds is 5. The van der Waals surface area contributed by atoms with Gasteiger partial charge in [0, 0.05) is 20.8 Å². The molecule has 2 aromatic carbocycles. The maximum Gasteiger partial charge on any atom is 0.259 e. The van der Waals surface area contributed by atoms with Crippen molar-refractivity contribution in [1.29, 1.82) is 0 Å². The van der Waals surface area contributed by atoms with E-state index in [1.165, 1.54) is 29.2 Å². The van der Waals surface area contributed by atoms with Gasteiger partial charge in [-0.05, 0) is 30.3 Å². The summed E-state index contributed by atoms with van der Waals surface area (Å²) in [5.41, 5.74) is 0.726. The molecule has 26 heavy (non-hydrogen) atoms. The Bertz CT molecular complexity index is 950. The van der Waals surface area contributed by atoms with Gasteiger partial charge in [-0.25, -0.2) is 4.39 Å². The van der Waals surface area contributed by atoms with E-state index in [2.05, 4.69) is 31.4 Å². The van der Waals surface area contributed by atoms with Crippen molar-refractivity contribution in [2.24, 2.45) is 0 Å². The van der Waals surface area contributed by atoms with Crippen molar-refractivity contribution in [3.8, 4) is 0 Å². The average molecular weight is 493 g/mol. The van der Waals surface area contributed by atoms with Crippen LogP contribution in [0.3, 0.4) is 0 Å². The van der Waals surface area contributed by atoms with Crippen molar-refractivity contribution in [1.82, 2.24) is 10.2 Å².